The lowest BCUT2D eigenvalue weighted by Gasteiger charge is -2.70. The number of ether oxygens (including phenoxy) is 4. The van der Waals surface area contributed by atoms with Gasteiger partial charge in [-0.15, -0.1) is 0 Å². The van der Waals surface area contributed by atoms with Crippen LogP contribution in [-0.2, 0) is 33.3 Å². The van der Waals surface area contributed by atoms with E-state index in [1.54, 1.807) is 12.5 Å². The summed E-state index contributed by atoms with van der Waals surface area (Å²) in [4.78, 5) is 42.2. The van der Waals surface area contributed by atoms with E-state index in [0.29, 0.717) is 12.8 Å². The highest BCUT2D eigenvalue weighted by atomic mass is 16.7. The van der Waals surface area contributed by atoms with Gasteiger partial charge in [0.05, 0.1) is 36.6 Å². The van der Waals surface area contributed by atoms with Crippen molar-refractivity contribution in [3.05, 3.63) is 24.2 Å². The summed E-state index contributed by atoms with van der Waals surface area (Å²) in [7, 11) is 0. The summed E-state index contributed by atoms with van der Waals surface area (Å²) in [5, 5.41) is 13.0. The summed E-state index contributed by atoms with van der Waals surface area (Å²) in [6.07, 6.45) is 11.5. The van der Waals surface area contributed by atoms with Crippen molar-refractivity contribution in [2.24, 2.45) is 39.9 Å². The van der Waals surface area contributed by atoms with Gasteiger partial charge in [0.15, 0.2) is 11.9 Å². The quantitative estimate of drug-likeness (QED) is 0.356. The lowest BCUT2D eigenvalue weighted by molar-refractivity contribution is -0.275. The number of esters is 2. The second-order valence-corrected chi connectivity index (χ2v) is 16.2. The number of Topliss-reactive ketones (excluding diaryl/α,β-unsaturated/α-hetero) is 1. The third-order valence-electron chi connectivity index (χ3n) is 14.8. The lowest BCUT2D eigenvalue weighted by Crippen LogP contribution is -2.79. The Labute approximate surface area is 264 Å². The van der Waals surface area contributed by atoms with Crippen molar-refractivity contribution in [1.82, 2.24) is 0 Å². The number of aliphatic hydroxyl groups is 1. The zero-order valence-corrected chi connectivity index (χ0v) is 26.5. The van der Waals surface area contributed by atoms with Crippen LogP contribution in [0.4, 0.5) is 0 Å². The van der Waals surface area contributed by atoms with Gasteiger partial charge in [-0.2, -0.15) is 0 Å². The van der Waals surface area contributed by atoms with Crippen LogP contribution >= 0.6 is 0 Å². The Balaban J connectivity index is 1.28. The molecule has 4 saturated heterocycles. The van der Waals surface area contributed by atoms with E-state index in [-0.39, 0.29) is 42.5 Å². The van der Waals surface area contributed by atoms with Crippen LogP contribution in [0.25, 0.3) is 0 Å². The van der Waals surface area contributed by atoms with Gasteiger partial charge >= 0.3 is 11.9 Å². The van der Waals surface area contributed by atoms with Crippen LogP contribution in [0.5, 0.6) is 0 Å². The Bertz CT molecular complexity index is 1410. The molecule has 8 aliphatic rings. The largest absolute Gasteiger partial charge is 0.472 e. The maximum atomic E-state index is 15.4. The first-order valence-electron chi connectivity index (χ1n) is 17.6. The first kappa shape index (κ1) is 29.0. The molecule has 4 aliphatic heterocycles. The smallest absolute Gasteiger partial charge is 0.339 e. The minimum Gasteiger partial charge on any atom is -0.472 e. The van der Waals surface area contributed by atoms with Crippen LogP contribution in [0.15, 0.2) is 23.0 Å². The van der Waals surface area contributed by atoms with Crippen LogP contribution in [0.3, 0.4) is 0 Å². The van der Waals surface area contributed by atoms with Gasteiger partial charge in [0, 0.05) is 21.8 Å². The molecule has 5 heterocycles. The summed E-state index contributed by atoms with van der Waals surface area (Å²) in [6.45, 7) is 4.33. The van der Waals surface area contributed by atoms with Crippen LogP contribution in [0.1, 0.15) is 109 Å². The normalized spacial score (nSPS) is 51.2. The lowest BCUT2D eigenvalue weighted by atomic mass is 9.32. The van der Waals surface area contributed by atoms with E-state index < -0.39 is 63.8 Å². The Morgan fingerprint density at radius 2 is 1.58 bits per heavy atom. The molecule has 0 bridgehead atoms. The van der Waals surface area contributed by atoms with Gasteiger partial charge in [-0.1, -0.05) is 45.4 Å². The fourth-order valence-electron chi connectivity index (χ4n) is 13.2. The van der Waals surface area contributed by atoms with Crippen LogP contribution < -0.4 is 0 Å². The molecule has 0 aromatic carbocycles. The first-order chi connectivity index (χ1) is 21.7. The summed E-state index contributed by atoms with van der Waals surface area (Å²) in [5.41, 5.74) is -3.70. The average molecular weight is 623 g/mol. The predicted octanol–water partition coefficient (Wildman–Crippen LogP) is 5.23. The third kappa shape index (κ3) is 3.24. The second kappa shape index (κ2) is 9.44. The van der Waals surface area contributed by atoms with Crippen molar-refractivity contribution in [1.29, 1.82) is 0 Å². The monoisotopic (exact) mass is 622 g/mol. The number of carbonyl (C=O) groups excluding carboxylic acids is 3. The number of rotatable bonds is 3. The Kier molecular flexibility index (Phi) is 6.07. The first-order valence-corrected chi connectivity index (χ1v) is 17.6. The molecular weight excluding hydrogens is 576 g/mol. The Hall–Kier alpha value is -2.23. The average Bonchev–Trinajstić information content (AvgIpc) is 3.47. The van der Waals surface area contributed by atoms with Gasteiger partial charge in [0.25, 0.3) is 0 Å². The molecule has 9 rings (SSSR count). The number of ketones is 1. The number of epoxide rings is 1. The standard InChI is InChI=1S/C36H46O9/c1-32-15-13-23-34-19-42-25(37)17-24(34)44-33(2,21-9-5-3-6-10-21)27(34)26(38)28(39)35(23,22-11-7-4-8-12-22)36(32)30(45-36)31(40)43-29(32)20-14-16-41-18-20/h14,16,18,21-24,27-30,39H,3-13,15,17,19H2,1-2H3/t23-,24+,27-,28-,29+,30-,32+,33-,34+,35+,36-/m1/s1. The molecule has 11 atom stereocenters. The fourth-order valence-corrected chi connectivity index (χ4v) is 13.2. The number of hydrogen-bond acceptors (Lipinski definition) is 9. The van der Waals surface area contributed by atoms with E-state index in [4.69, 9.17) is 23.4 Å². The predicted molar refractivity (Wildman–Crippen MR) is 157 cm³/mol. The van der Waals surface area contributed by atoms with Crippen LogP contribution in [0, 0.1) is 39.9 Å². The summed E-state index contributed by atoms with van der Waals surface area (Å²) in [6, 6.07) is 1.84. The summed E-state index contributed by atoms with van der Waals surface area (Å²) in [5.74, 6) is -1.62. The minimum absolute atomic E-state index is 0.0362. The third-order valence-corrected chi connectivity index (χ3v) is 14.8. The van der Waals surface area contributed by atoms with Gasteiger partial charge in [-0.3, -0.25) is 9.59 Å². The van der Waals surface area contributed by atoms with Crippen molar-refractivity contribution < 1.29 is 42.9 Å². The molecule has 1 aromatic heterocycles. The minimum atomic E-state index is -1.33. The molecule has 0 radical (unpaired) electrons. The van der Waals surface area contributed by atoms with E-state index in [0.717, 1.165) is 63.4 Å². The van der Waals surface area contributed by atoms with E-state index in [2.05, 4.69) is 13.8 Å². The summed E-state index contributed by atoms with van der Waals surface area (Å²) < 4.78 is 31.6. The second-order valence-electron chi connectivity index (χ2n) is 16.2. The highest BCUT2D eigenvalue weighted by Gasteiger charge is 2.93. The van der Waals surface area contributed by atoms with Crippen molar-refractivity contribution in [2.75, 3.05) is 6.61 Å². The number of furan rings is 1. The molecule has 2 spiro atoms. The molecular formula is C36H46O9. The molecule has 244 valence electrons. The van der Waals surface area contributed by atoms with E-state index in [9.17, 15) is 14.7 Å². The zero-order chi connectivity index (χ0) is 31.0. The highest BCUT2D eigenvalue weighted by Crippen LogP contribution is 2.82. The highest BCUT2D eigenvalue weighted by molar-refractivity contribution is 5.92. The van der Waals surface area contributed by atoms with E-state index >= 15 is 4.79 Å². The molecule has 0 amide bonds. The Morgan fingerprint density at radius 3 is 2.27 bits per heavy atom. The van der Waals surface area contributed by atoms with Crippen LogP contribution in [-0.4, -0.2) is 58.9 Å². The summed E-state index contributed by atoms with van der Waals surface area (Å²) >= 11 is 0. The molecule has 9 nitrogen and oxygen atoms in total. The SMILES string of the molecule is C[C@@]12CC[C@@H]3[C@@]45COC(=O)C[C@@H]4O[C@](C)(C4CCCCC4)[C@H]5C(=O)[C@@H](O)[C@@]3(C3CCCCC3)[C@]13O[C@@H]3C(=O)O[C@H]2c1ccoc1. The maximum Gasteiger partial charge on any atom is 0.339 e. The molecule has 1 N–H and O–H groups in total. The fraction of sp³-hybridized carbons (Fsp3) is 0.806. The van der Waals surface area contributed by atoms with Crippen molar-refractivity contribution in [3.63, 3.8) is 0 Å². The number of fused-ring (bicyclic) bond motifs is 1. The molecule has 4 aliphatic carbocycles. The number of cyclic esters (lactones) is 2. The van der Waals surface area contributed by atoms with Crippen LogP contribution in [0.2, 0.25) is 0 Å². The number of aliphatic hydroxyl groups excluding tert-OH is 1. The molecule has 9 heteroatoms. The van der Waals surface area contributed by atoms with Gasteiger partial charge in [0.2, 0.25) is 0 Å². The number of hydrogen-bond donors (Lipinski definition) is 1. The number of carbonyl (C=O) groups is 3. The molecule has 8 fully saturated rings. The van der Waals surface area contributed by atoms with E-state index in [1.165, 1.54) is 6.42 Å². The van der Waals surface area contributed by atoms with Gasteiger partial charge in [0.1, 0.15) is 24.4 Å². The van der Waals surface area contributed by atoms with Gasteiger partial charge in [-0.05, 0) is 69.3 Å². The van der Waals surface area contributed by atoms with Crippen molar-refractivity contribution in [2.45, 2.75) is 133 Å². The van der Waals surface area contributed by atoms with Crippen molar-refractivity contribution in [3.8, 4) is 0 Å². The van der Waals surface area contributed by atoms with Gasteiger partial charge < -0.3 is 28.5 Å². The van der Waals surface area contributed by atoms with E-state index in [1.807, 2.05) is 6.07 Å². The Morgan fingerprint density at radius 1 is 0.867 bits per heavy atom. The van der Waals surface area contributed by atoms with Crippen molar-refractivity contribution >= 4 is 17.7 Å². The molecule has 1 aromatic rings. The zero-order valence-electron chi connectivity index (χ0n) is 26.5. The molecule has 0 unspecified atom stereocenters. The molecule has 45 heavy (non-hydrogen) atoms. The molecule has 4 saturated carbocycles. The van der Waals surface area contributed by atoms with Gasteiger partial charge in [-0.25, -0.2) is 4.79 Å². The maximum absolute atomic E-state index is 15.4. The topological polar surface area (TPSA) is 125 Å².